The molecule has 1 aromatic carbocycles. The van der Waals surface area contributed by atoms with Crippen LogP contribution in [-0.4, -0.2) is 31.6 Å². The fourth-order valence-electron chi connectivity index (χ4n) is 2.96. The molecule has 0 unspecified atom stereocenters. The summed E-state index contributed by atoms with van der Waals surface area (Å²) in [6, 6.07) is 11.1. The van der Waals surface area contributed by atoms with Crippen LogP contribution in [0, 0.1) is 13.8 Å². The van der Waals surface area contributed by atoms with Crippen molar-refractivity contribution in [3.05, 3.63) is 62.8 Å². The summed E-state index contributed by atoms with van der Waals surface area (Å²) in [6.07, 6.45) is 0. The van der Waals surface area contributed by atoms with E-state index in [4.69, 9.17) is 11.6 Å². The molecule has 0 saturated heterocycles. The molecule has 4 aromatic rings. The average molecular weight is 487 g/mol. The third-order valence-electron chi connectivity index (χ3n) is 4.47. The second-order valence-corrected chi connectivity index (χ2v) is 9.73. The van der Waals surface area contributed by atoms with Crippen molar-refractivity contribution in [2.75, 3.05) is 5.32 Å². The molecule has 0 fully saturated rings. The van der Waals surface area contributed by atoms with E-state index in [-0.39, 0.29) is 11.7 Å². The molecule has 0 atom stereocenters. The monoisotopic (exact) mass is 486 g/mol. The molecule has 0 aliphatic carbocycles. The molecule has 0 spiro atoms. The number of nitrogens with zero attached hydrogens (tertiary/aromatic N) is 4. The highest BCUT2D eigenvalue weighted by atomic mass is 35.5. The van der Waals surface area contributed by atoms with Crippen LogP contribution in [-0.2, 0) is 11.3 Å². The molecule has 0 saturated carbocycles. The number of aromatic nitrogens is 4. The number of halogens is 1. The number of rotatable bonds is 6. The number of thiazole rings is 1. The van der Waals surface area contributed by atoms with Gasteiger partial charge >= 0.3 is 0 Å². The Morgan fingerprint density at radius 2 is 1.81 bits per heavy atom. The Balaban J connectivity index is 1.50. The van der Waals surface area contributed by atoms with E-state index >= 15 is 0 Å². The Hall–Kier alpha value is -3.08. The van der Waals surface area contributed by atoms with Gasteiger partial charge < -0.3 is 5.32 Å². The van der Waals surface area contributed by atoms with Gasteiger partial charge in [-0.1, -0.05) is 11.6 Å². The van der Waals surface area contributed by atoms with Crippen LogP contribution in [0.3, 0.4) is 0 Å². The van der Waals surface area contributed by atoms with Crippen molar-refractivity contribution in [3.8, 4) is 16.3 Å². The molecule has 0 aliphatic rings. The van der Waals surface area contributed by atoms with Gasteiger partial charge in [0.1, 0.15) is 5.82 Å². The standard InChI is InChI=1S/C21H19ClN6O2S2/c1-11-18(17-9-8-16(32-17)10-23-13(3)29)25-21(31-11)26-20(30)19-24-12(2)28(27-19)15-6-4-14(22)5-7-15/h4-9H,10H2,1-3H3,(H,23,29)(H,25,26,30). The summed E-state index contributed by atoms with van der Waals surface area (Å²) in [7, 11) is 0. The Morgan fingerprint density at radius 3 is 2.53 bits per heavy atom. The number of thiophene rings is 1. The van der Waals surface area contributed by atoms with Crippen molar-refractivity contribution >= 4 is 51.2 Å². The molecular formula is C21H19ClN6O2S2. The fraction of sp³-hybridized carbons (Fsp3) is 0.190. The zero-order valence-electron chi connectivity index (χ0n) is 17.5. The summed E-state index contributed by atoms with van der Waals surface area (Å²) in [5, 5.41) is 11.0. The first-order chi connectivity index (χ1) is 15.3. The van der Waals surface area contributed by atoms with Crippen LogP contribution in [0.1, 0.15) is 33.1 Å². The predicted molar refractivity (Wildman–Crippen MR) is 127 cm³/mol. The van der Waals surface area contributed by atoms with Crippen molar-refractivity contribution in [1.29, 1.82) is 0 Å². The summed E-state index contributed by atoms with van der Waals surface area (Å²) in [6.45, 7) is 5.70. The topological polar surface area (TPSA) is 102 Å². The second-order valence-electron chi connectivity index (χ2n) is 6.92. The number of amides is 2. The van der Waals surface area contributed by atoms with Crippen molar-refractivity contribution in [2.24, 2.45) is 0 Å². The van der Waals surface area contributed by atoms with Gasteiger partial charge in [0.25, 0.3) is 5.91 Å². The highest BCUT2D eigenvalue weighted by Crippen LogP contribution is 2.34. The van der Waals surface area contributed by atoms with Gasteiger partial charge in [-0.05, 0) is 50.2 Å². The van der Waals surface area contributed by atoms with Crippen LogP contribution < -0.4 is 10.6 Å². The van der Waals surface area contributed by atoms with Crippen LogP contribution in [0.5, 0.6) is 0 Å². The first-order valence-electron chi connectivity index (χ1n) is 9.62. The Labute approximate surface area is 197 Å². The second kappa shape index (κ2) is 9.19. The smallest absolute Gasteiger partial charge is 0.297 e. The van der Waals surface area contributed by atoms with Crippen LogP contribution in [0.4, 0.5) is 5.13 Å². The van der Waals surface area contributed by atoms with Crippen LogP contribution in [0.15, 0.2) is 36.4 Å². The number of carbonyl (C=O) groups is 2. The zero-order valence-corrected chi connectivity index (χ0v) is 19.9. The number of anilines is 1. The molecule has 32 heavy (non-hydrogen) atoms. The van der Waals surface area contributed by atoms with E-state index < -0.39 is 5.91 Å². The van der Waals surface area contributed by atoms with E-state index in [1.54, 1.807) is 35.1 Å². The molecule has 8 nitrogen and oxygen atoms in total. The first-order valence-corrected chi connectivity index (χ1v) is 11.6. The minimum atomic E-state index is -0.432. The van der Waals surface area contributed by atoms with Gasteiger partial charge in [-0.3, -0.25) is 14.9 Å². The summed E-state index contributed by atoms with van der Waals surface area (Å²) in [4.78, 5) is 35.7. The van der Waals surface area contributed by atoms with E-state index in [1.807, 2.05) is 31.2 Å². The average Bonchev–Trinajstić information content (AvgIpc) is 3.45. The maximum absolute atomic E-state index is 12.7. The third kappa shape index (κ3) is 4.87. The van der Waals surface area contributed by atoms with Gasteiger partial charge in [0.05, 0.1) is 22.8 Å². The number of hydrogen-bond donors (Lipinski definition) is 2. The fourth-order valence-corrected chi connectivity index (χ4v) is 4.96. The molecular weight excluding hydrogens is 468 g/mol. The highest BCUT2D eigenvalue weighted by Gasteiger charge is 2.19. The van der Waals surface area contributed by atoms with Crippen molar-refractivity contribution < 1.29 is 9.59 Å². The molecule has 164 valence electrons. The predicted octanol–water partition coefficient (Wildman–Crippen LogP) is 4.61. The Bertz CT molecular complexity index is 1290. The largest absolute Gasteiger partial charge is 0.351 e. The molecule has 4 rings (SSSR count). The van der Waals surface area contributed by atoms with Crippen molar-refractivity contribution in [1.82, 2.24) is 25.1 Å². The first kappa shape index (κ1) is 22.1. The summed E-state index contributed by atoms with van der Waals surface area (Å²) < 4.78 is 1.59. The van der Waals surface area contributed by atoms with Crippen LogP contribution in [0.2, 0.25) is 5.02 Å². The van der Waals surface area contributed by atoms with Crippen molar-refractivity contribution in [3.63, 3.8) is 0 Å². The van der Waals surface area contributed by atoms with Crippen LogP contribution in [0.25, 0.3) is 16.3 Å². The van der Waals surface area contributed by atoms with Gasteiger partial charge in [-0.25, -0.2) is 14.6 Å². The Kier molecular flexibility index (Phi) is 6.35. The van der Waals surface area contributed by atoms with Gasteiger partial charge in [-0.2, -0.15) is 0 Å². The van der Waals surface area contributed by atoms with E-state index in [0.717, 1.165) is 26.0 Å². The maximum Gasteiger partial charge on any atom is 0.297 e. The zero-order chi connectivity index (χ0) is 22.8. The summed E-state index contributed by atoms with van der Waals surface area (Å²) in [5.41, 5.74) is 1.57. The lowest BCUT2D eigenvalue weighted by Gasteiger charge is -2.02. The number of aryl methyl sites for hydroxylation is 2. The van der Waals surface area contributed by atoms with E-state index in [0.29, 0.717) is 22.5 Å². The Morgan fingerprint density at radius 1 is 1.06 bits per heavy atom. The lowest BCUT2D eigenvalue weighted by Crippen LogP contribution is -2.17. The lowest BCUT2D eigenvalue weighted by molar-refractivity contribution is -0.119. The molecule has 2 N–H and O–H groups in total. The molecule has 0 aliphatic heterocycles. The molecule has 11 heteroatoms. The summed E-state index contributed by atoms with van der Waals surface area (Å²) in [5.74, 6) is 0.134. The molecule has 0 radical (unpaired) electrons. The lowest BCUT2D eigenvalue weighted by atomic mass is 10.3. The van der Waals surface area contributed by atoms with Gasteiger partial charge in [-0.15, -0.1) is 27.8 Å². The maximum atomic E-state index is 12.7. The minimum absolute atomic E-state index is 0.0561. The SMILES string of the molecule is CC(=O)NCc1ccc(-c2nc(NC(=O)c3nc(C)n(-c4ccc(Cl)cc4)n3)sc2C)s1. The number of nitrogens with one attached hydrogen (secondary N) is 2. The number of hydrogen-bond acceptors (Lipinski definition) is 7. The highest BCUT2D eigenvalue weighted by molar-refractivity contribution is 7.18. The molecule has 0 bridgehead atoms. The van der Waals surface area contributed by atoms with E-state index in [2.05, 4.69) is 25.7 Å². The van der Waals surface area contributed by atoms with Gasteiger partial charge in [0, 0.05) is 21.7 Å². The molecule has 2 amide bonds. The number of benzene rings is 1. The van der Waals surface area contributed by atoms with Gasteiger partial charge in [0.2, 0.25) is 11.7 Å². The number of carbonyl (C=O) groups excluding carboxylic acids is 2. The van der Waals surface area contributed by atoms with Crippen molar-refractivity contribution in [2.45, 2.75) is 27.3 Å². The quantitative estimate of drug-likeness (QED) is 0.414. The molecule has 3 aromatic heterocycles. The van der Waals surface area contributed by atoms with E-state index in [1.165, 1.54) is 18.3 Å². The van der Waals surface area contributed by atoms with Crippen LogP contribution >= 0.6 is 34.3 Å². The van der Waals surface area contributed by atoms with E-state index in [9.17, 15) is 9.59 Å². The molecule has 3 heterocycles. The minimum Gasteiger partial charge on any atom is -0.351 e. The van der Waals surface area contributed by atoms with Gasteiger partial charge in [0.15, 0.2) is 5.13 Å². The normalized spacial score (nSPS) is 10.9. The summed E-state index contributed by atoms with van der Waals surface area (Å²) >= 11 is 8.88. The third-order valence-corrected chi connectivity index (χ3v) is 6.70.